The first-order chi connectivity index (χ1) is 9.27. The Hall–Kier alpha value is -1.32. The summed E-state index contributed by atoms with van der Waals surface area (Å²) in [7, 11) is 0. The van der Waals surface area contributed by atoms with E-state index in [0.29, 0.717) is 0 Å². The monoisotopic (exact) mass is 277 g/mol. The van der Waals surface area contributed by atoms with Crippen LogP contribution in [-0.2, 0) is 13.0 Å². The van der Waals surface area contributed by atoms with Crippen LogP contribution in [0.1, 0.15) is 31.7 Å². The zero-order valence-electron chi connectivity index (χ0n) is 11.5. The number of halogens is 1. The van der Waals surface area contributed by atoms with E-state index < -0.39 is 0 Å². The Balaban J connectivity index is 2.37. The molecule has 2 aromatic rings. The fourth-order valence-electron chi connectivity index (χ4n) is 2.15. The number of hydrogen-bond donors (Lipinski definition) is 1. The molecule has 0 bridgehead atoms. The van der Waals surface area contributed by atoms with Crippen LogP contribution < -0.4 is 5.32 Å². The molecule has 0 fully saturated rings. The van der Waals surface area contributed by atoms with Crippen molar-refractivity contribution >= 4 is 11.6 Å². The third kappa shape index (κ3) is 3.17. The molecule has 1 heterocycles. The molecule has 0 atom stereocenters. The first-order valence-electron chi connectivity index (χ1n) is 6.78. The van der Waals surface area contributed by atoms with Gasteiger partial charge in [0.15, 0.2) is 0 Å². The molecule has 19 heavy (non-hydrogen) atoms. The fraction of sp³-hybridized carbons (Fsp3) is 0.400. The van der Waals surface area contributed by atoms with E-state index in [0.717, 1.165) is 48.0 Å². The van der Waals surface area contributed by atoms with Crippen LogP contribution in [0.25, 0.3) is 5.69 Å². The number of benzene rings is 1. The van der Waals surface area contributed by atoms with Gasteiger partial charge >= 0.3 is 0 Å². The summed E-state index contributed by atoms with van der Waals surface area (Å²) < 4.78 is 2.12. The van der Waals surface area contributed by atoms with E-state index in [2.05, 4.69) is 34.8 Å². The van der Waals surface area contributed by atoms with Crippen molar-refractivity contribution in [3.05, 3.63) is 47.0 Å². The van der Waals surface area contributed by atoms with E-state index in [4.69, 9.17) is 11.6 Å². The van der Waals surface area contributed by atoms with Gasteiger partial charge in [-0.05, 0) is 25.1 Å². The molecule has 0 saturated carbocycles. The third-order valence-electron chi connectivity index (χ3n) is 3.12. The zero-order valence-corrected chi connectivity index (χ0v) is 12.2. The fourth-order valence-corrected chi connectivity index (χ4v) is 2.39. The lowest BCUT2D eigenvalue weighted by molar-refractivity contribution is 0.672. The molecule has 0 amide bonds. The molecule has 0 radical (unpaired) electrons. The van der Waals surface area contributed by atoms with Crippen LogP contribution in [0.5, 0.6) is 0 Å². The van der Waals surface area contributed by atoms with Crippen molar-refractivity contribution in [2.45, 2.75) is 33.2 Å². The van der Waals surface area contributed by atoms with Crippen molar-refractivity contribution in [2.75, 3.05) is 6.54 Å². The summed E-state index contributed by atoms with van der Waals surface area (Å²) in [6.45, 7) is 6.05. The molecule has 0 spiro atoms. The first kappa shape index (κ1) is 14.1. The van der Waals surface area contributed by atoms with Crippen molar-refractivity contribution in [1.29, 1.82) is 0 Å². The van der Waals surface area contributed by atoms with Gasteiger partial charge in [0, 0.05) is 35.9 Å². The minimum Gasteiger partial charge on any atom is -0.313 e. The number of aromatic nitrogens is 2. The molecule has 0 aliphatic rings. The highest BCUT2D eigenvalue weighted by molar-refractivity contribution is 6.31. The van der Waals surface area contributed by atoms with Gasteiger partial charge in [-0.1, -0.05) is 31.5 Å². The number of aryl methyl sites for hydroxylation is 1. The number of rotatable bonds is 6. The van der Waals surface area contributed by atoms with Gasteiger partial charge in [0.2, 0.25) is 0 Å². The van der Waals surface area contributed by atoms with E-state index in [1.54, 1.807) is 0 Å². The van der Waals surface area contributed by atoms with E-state index in [9.17, 15) is 0 Å². The highest BCUT2D eigenvalue weighted by atomic mass is 35.5. The van der Waals surface area contributed by atoms with Gasteiger partial charge in [-0.3, -0.25) is 0 Å². The third-order valence-corrected chi connectivity index (χ3v) is 3.47. The van der Waals surface area contributed by atoms with Gasteiger partial charge in [0.05, 0.1) is 5.69 Å². The number of nitrogens with one attached hydrogen (secondary N) is 1. The van der Waals surface area contributed by atoms with Gasteiger partial charge in [-0.15, -0.1) is 0 Å². The lowest BCUT2D eigenvalue weighted by Gasteiger charge is -2.14. The van der Waals surface area contributed by atoms with Crippen molar-refractivity contribution in [3.63, 3.8) is 0 Å². The minimum absolute atomic E-state index is 0.782. The highest BCUT2D eigenvalue weighted by Gasteiger charge is 2.10. The summed E-state index contributed by atoms with van der Waals surface area (Å²) >= 11 is 6.35. The second-order valence-electron chi connectivity index (χ2n) is 4.48. The van der Waals surface area contributed by atoms with Gasteiger partial charge < -0.3 is 9.88 Å². The lowest BCUT2D eigenvalue weighted by atomic mass is 10.1. The van der Waals surface area contributed by atoms with E-state index in [1.807, 2.05) is 24.5 Å². The second kappa shape index (κ2) is 6.73. The molecular weight excluding hydrogens is 258 g/mol. The molecule has 0 unspecified atom stereocenters. The Morgan fingerprint density at radius 2 is 2.16 bits per heavy atom. The van der Waals surface area contributed by atoms with Gasteiger partial charge in [0.1, 0.15) is 5.82 Å². The highest BCUT2D eigenvalue weighted by Crippen LogP contribution is 2.24. The van der Waals surface area contributed by atoms with E-state index >= 15 is 0 Å². The van der Waals surface area contributed by atoms with Crippen LogP contribution in [0.3, 0.4) is 0 Å². The van der Waals surface area contributed by atoms with Gasteiger partial charge in [-0.25, -0.2) is 4.98 Å². The summed E-state index contributed by atoms with van der Waals surface area (Å²) in [5.74, 6) is 1.05. The van der Waals surface area contributed by atoms with Crippen LogP contribution >= 0.6 is 11.6 Å². The Kier molecular flexibility index (Phi) is 5.00. The standard InChI is InChI=1S/C15H20ClN3/c1-3-8-17-11-12-13(16)6-5-7-14(12)19-10-9-18-15(19)4-2/h5-7,9-10,17H,3-4,8,11H2,1-2H3. The molecule has 1 N–H and O–H groups in total. The first-order valence-corrected chi connectivity index (χ1v) is 7.16. The van der Waals surface area contributed by atoms with E-state index in [-0.39, 0.29) is 0 Å². The largest absolute Gasteiger partial charge is 0.313 e. The quantitative estimate of drug-likeness (QED) is 0.818. The van der Waals surface area contributed by atoms with Crippen LogP contribution in [0.4, 0.5) is 0 Å². The predicted molar refractivity (Wildman–Crippen MR) is 79.9 cm³/mol. The predicted octanol–water partition coefficient (Wildman–Crippen LogP) is 3.59. The minimum atomic E-state index is 0.782. The molecule has 1 aromatic heterocycles. The summed E-state index contributed by atoms with van der Waals surface area (Å²) in [4.78, 5) is 4.38. The molecule has 102 valence electrons. The van der Waals surface area contributed by atoms with Gasteiger partial charge in [-0.2, -0.15) is 0 Å². The summed E-state index contributed by atoms with van der Waals surface area (Å²) in [5, 5.41) is 4.22. The topological polar surface area (TPSA) is 29.9 Å². The maximum absolute atomic E-state index is 6.35. The maximum atomic E-state index is 6.35. The van der Waals surface area contributed by atoms with E-state index in [1.165, 1.54) is 0 Å². The maximum Gasteiger partial charge on any atom is 0.112 e. The zero-order chi connectivity index (χ0) is 13.7. The Labute approximate surface area is 119 Å². The van der Waals surface area contributed by atoms with Crippen LogP contribution in [-0.4, -0.2) is 16.1 Å². The summed E-state index contributed by atoms with van der Waals surface area (Å²) in [5.41, 5.74) is 2.25. The van der Waals surface area contributed by atoms with Crippen LogP contribution in [0.2, 0.25) is 5.02 Å². The Bertz CT molecular complexity index is 534. The van der Waals surface area contributed by atoms with Crippen LogP contribution in [0, 0.1) is 0 Å². The molecular formula is C15H20ClN3. The molecule has 0 aliphatic heterocycles. The van der Waals surface area contributed by atoms with Crippen molar-refractivity contribution in [2.24, 2.45) is 0 Å². The van der Waals surface area contributed by atoms with Gasteiger partial charge in [0.25, 0.3) is 0 Å². The Morgan fingerprint density at radius 3 is 2.89 bits per heavy atom. The summed E-state index contributed by atoms with van der Waals surface area (Å²) in [6.07, 6.45) is 5.85. The lowest BCUT2D eigenvalue weighted by Crippen LogP contribution is -2.16. The smallest absolute Gasteiger partial charge is 0.112 e. The van der Waals surface area contributed by atoms with Crippen molar-refractivity contribution in [1.82, 2.24) is 14.9 Å². The average Bonchev–Trinajstić information content (AvgIpc) is 2.89. The molecule has 2 rings (SSSR count). The normalized spacial score (nSPS) is 10.9. The Morgan fingerprint density at radius 1 is 1.32 bits per heavy atom. The number of imidazole rings is 1. The SMILES string of the molecule is CCCNCc1c(Cl)cccc1-n1ccnc1CC. The van der Waals surface area contributed by atoms with Crippen LogP contribution in [0.15, 0.2) is 30.6 Å². The number of nitrogens with zero attached hydrogens (tertiary/aromatic N) is 2. The molecule has 0 saturated heterocycles. The second-order valence-corrected chi connectivity index (χ2v) is 4.89. The average molecular weight is 278 g/mol. The molecule has 0 aliphatic carbocycles. The summed E-state index contributed by atoms with van der Waals surface area (Å²) in [6, 6.07) is 6.02. The molecule has 1 aromatic carbocycles. The molecule has 4 heteroatoms. The van der Waals surface area contributed by atoms with Crippen molar-refractivity contribution in [3.8, 4) is 5.69 Å². The molecule has 3 nitrogen and oxygen atoms in total. The number of hydrogen-bond acceptors (Lipinski definition) is 2. The van der Waals surface area contributed by atoms with Crippen molar-refractivity contribution < 1.29 is 0 Å².